The van der Waals surface area contributed by atoms with Crippen LogP contribution in [0.15, 0.2) is 0 Å². The molecule has 0 spiro atoms. The van der Waals surface area contributed by atoms with Gasteiger partial charge in [-0.2, -0.15) is 0 Å². The maximum Gasteiger partial charge on any atom is 0.0366 e. The highest BCUT2D eigenvalue weighted by atomic mass is 35.5. The van der Waals surface area contributed by atoms with Crippen molar-refractivity contribution in [2.75, 3.05) is 0 Å². The minimum atomic E-state index is 0.471. The molecule has 0 aliphatic heterocycles. The van der Waals surface area contributed by atoms with Gasteiger partial charge >= 0.3 is 0 Å². The molecular weight excluding hydrogens is 156 g/mol. The number of halogens is 1. The predicted molar refractivity (Wildman–Crippen MR) is 51.1 cm³/mol. The van der Waals surface area contributed by atoms with Crippen molar-refractivity contribution in [1.29, 1.82) is 0 Å². The van der Waals surface area contributed by atoms with Gasteiger partial charge in [-0.15, -0.1) is 11.6 Å². The fourth-order valence-electron chi connectivity index (χ4n) is 2.06. The molecule has 3 atom stereocenters. The maximum absolute atomic E-state index is 6.26. The Kier molecular flexibility index (Phi) is 3.71. The highest BCUT2D eigenvalue weighted by molar-refractivity contribution is 6.20. The average molecular weight is 175 g/mol. The normalized spacial score (nSPS) is 35.2. The summed E-state index contributed by atoms with van der Waals surface area (Å²) in [5, 5.41) is 0.471. The molecule has 66 valence electrons. The quantitative estimate of drug-likeness (QED) is 0.559. The van der Waals surface area contributed by atoms with E-state index in [2.05, 4.69) is 13.8 Å². The van der Waals surface area contributed by atoms with Crippen LogP contribution in [0.4, 0.5) is 0 Å². The third kappa shape index (κ3) is 2.37. The fraction of sp³-hybridized carbons (Fsp3) is 1.00. The Morgan fingerprint density at radius 2 is 2.00 bits per heavy atom. The lowest BCUT2D eigenvalue weighted by molar-refractivity contribution is 0.264. The van der Waals surface area contributed by atoms with Crippen molar-refractivity contribution in [3.8, 4) is 0 Å². The highest BCUT2D eigenvalue weighted by Gasteiger charge is 2.26. The van der Waals surface area contributed by atoms with Gasteiger partial charge in [0.15, 0.2) is 0 Å². The second-order valence-corrected chi connectivity index (χ2v) is 4.41. The van der Waals surface area contributed by atoms with Crippen LogP contribution in [0.1, 0.15) is 46.0 Å². The van der Waals surface area contributed by atoms with Gasteiger partial charge in [0, 0.05) is 5.38 Å². The first kappa shape index (κ1) is 9.38. The molecule has 0 bridgehead atoms. The molecule has 0 heterocycles. The van der Waals surface area contributed by atoms with E-state index >= 15 is 0 Å². The molecule has 1 saturated carbocycles. The van der Waals surface area contributed by atoms with Gasteiger partial charge in [-0.1, -0.05) is 33.1 Å². The topological polar surface area (TPSA) is 0 Å². The zero-order valence-corrected chi connectivity index (χ0v) is 8.40. The van der Waals surface area contributed by atoms with Crippen LogP contribution in [-0.4, -0.2) is 5.38 Å². The second kappa shape index (κ2) is 4.35. The summed E-state index contributed by atoms with van der Waals surface area (Å²) in [5.74, 6) is 1.63. The van der Waals surface area contributed by atoms with Gasteiger partial charge in [0.25, 0.3) is 0 Å². The second-order valence-electron chi connectivity index (χ2n) is 3.85. The van der Waals surface area contributed by atoms with Gasteiger partial charge in [-0.05, 0) is 24.7 Å². The van der Waals surface area contributed by atoms with E-state index in [4.69, 9.17) is 11.6 Å². The van der Waals surface area contributed by atoms with Gasteiger partial charge < -0.3 is 0 Å². The van der Waals surface area contributed by atoms with E-state index in [0.29, 0.717) is 5.38 Å². The summed E-state index contributed by atoms with van der Waals surface area (Å²) in [6.07, 6.45) is 6.65. The van der Waals surface area contributed by atoms with Crippen LogP contribution in [0.2, 0.25) is 0 Å². The summed E-state index contributed by atoms with van der Waals surface area (Å²) < 4.78 is 0. The van der Waals surface area contributed by atoms with Gasteiger partial charge in [-0.3, -0.25) is 0 Å². The van der Waals surface area contributed by atoms with Crippen molar-refractivity contribution < 1.29 is 0 Å². The summed E-state index contributed by atoms with van der Waals surface area (Å²) in [6, 6.07) is 0. The molecule has 1 rings (SSSR count). The maximum atomic E-state index is 6.26. The van der Waals surface area contributed by atoms with E-state index < -0.39 is 0 Å². The zero-order valence-electron chi connectivity index (χ0n) is 7.65. The van der Waals surface area contributed by atoms with Crippen molar-refractivity contribution >= 4 is 11.6 Å². The number of alkyl halides is 1. The van der Waals surface area contributed by atoms with Gasteiger partial charge in [0.2, 0.25) is 0 Å². The van der Waals surface area contributed by atoms with Crippen LogP contribution >= 0.6 is 11.6 Å². The molecule has 0 aromatic rings. The van der Waals surface area contributed by atoms with E-state index in [1.54, 1.807) is 0 Å². The van der Waals surface area contributed by atoms with Crippen LogP contribution in [0.25, 0.3) is 0 Å². The molecule has 0 radical (unpaired) electrons. The Balaban J connectivity index is 2.40. The van der Waals surface area contributed by atoms with E-state index in [1.807, 2.05) is 0 Å². The Morgan fingerprint density at radius 3 is 2.55 bits per heavy atom. The molecule has 1 heteroatoms. The fourth-order valence-corrected chi connectivity index (χ4v) is 2.59. The van der Waals surface area contributed by atoms with Crippen molar-refractivity contribution in [3.63, 3.8) is 0 Å². The molecule has 1 fully saturated rings. The first-order valence-electron chi connectivity index (χ1n) is 4.89. The third-order valence-electron chi connectivity index (χ3n) is 3.11. The summed E-state index contributed by atoms with van der Waals surface area (Å²) in [5.41, 5.74) is 0. The lowest BCUT2D eigenvalue weighted by Gasteiger charge is -2.31. The van der Waals surface area contributed by atoms with E-state index in [1.165, 1.54) is 32.1 Å². The molecule has 11 heavy (non-hydrogen) atoms. The largest absolute Gasteiger partial charge is 0.123 e. The van der Waals surface area contributed by atoms with E-state index in [9.17, 15) is 0 Å². The summed E-state index contributed by atoms with van der Waals surface area (Å²) in [4.78, 5) is 0. The van der Waals surface area contributed by atoms with Crippen LogP contribution in [0.3, 0.4) is 0 Å². The molecule has 0 aromatic heterocycles. The summed E-state index contributed by atoms with van der Waals surface area (Å²) in [7, 11) is 0. The smallest absolute Gasteiger partial charge is 0.0366 e. The van der Waals surface area contributed by atoms with Gasteiger partial charge in [-0.25, -0.2) is 0 Å². The van der Waals surface area contributed by atoms with E-state index in [0.717, 1.165) is 11.8 Å². The van der Waals surface area contributed by atoms with Gasteiger partial charge in [0.05, 0.1) is 0 Å². The minimum absolute atomic E-state index is 0.471. The van der Waals surface area contributed by atoms with Crippen LogP contribution in [0.5, 0.6) is 0 Å². The predicted octanol–water partition coefficient (Wildman–Crippen LogP) is 3.83. The summed E-state index contributed by atoms with van der Waals surface area (Å²) >= 11 is 6.26. The molecule has 1 aliphatic carbocycles. The first-order chi connectivity index (χ1) is 5.25. The van der Waals surface area contributed by atoms with Crippen LogP contribution < -0.4 is 0 Å². The number of rotatable bonds is 2. The SMILES string of the molecule is CCC(C)C1CCCCC1Cl. The highest BCUT2D eigenvalue weighted by Crippen LogP contribution is 2.34. The Morgan fingerprint density at radius 1 is 1.36 bits per heavy atom. The molecule has 1 aliphatic rings. The summed E-state index contributed by atoms with van der Waals surface area (Å²) in [6.45, 7) is 4.61. The van der Waals surface area contributed by atoms with Gasteiger partial charge in [0.1, 0.15) is 0 Å². The zero-order chi connectivity index (χ0) is 8.27. The van der Waals surface area contributed by atoms with Crippen molar-refractivity contribution in [2.24, 2.45) is 11.8 Å². The number of hydrogen-bond acceptors (Lipinski definition) is 0. The molecule has 0 amide bonds. The Bertz CT molecular complexity index is 107. The standard InChI is InChI=1S/C10H19Cl/c1-3-8(2)9-6-4-5-7-10(9)11/h8-10H,3-7H2,1-2H3. The third-order valence-corrected chi connectivity index (χ3v) is 3.65. The molecule has 0 N–H and O–H groups in total. The van der Waals surface area contributed by atoms with Crippen molar-refractivity contribution in [3.05, 3.63) is 0 Å². The molecule has 0 nitrogen and oxygen atoms in total. The minimum Gasteiger partial charge on any atom is -0.123 e. The molecule has 0 saturated heterocycles. The number of hydrogen-bond donors (Lipinski definition) is 0. The lowest BCUT2D eigenvalue weighted by Crippen LogP contribution is -2.25. The average Bonchev–Trinajstić information content (AvgIpc) is 2.04. The monoisotopic (exact) mass is 174 g/mol. The lowest BCUT2D eigenvalue weighted by atomic mass is 9.79. The van der Waals surface area contributed by atoms with Crippen LogP contribution in [-0.2, 0) is 0 Å². The Labute approximate surface area is 75.3 Å². The van der Waals surface area contributed by atoms with Crippen LogP contribution in [0, 0.1) is 11.8 Å². The molecule has 3 unspecified atom stereocenters. The molecular formula is C10H19Cl. The first-order valence-corrected chi connectivity index (χ1v) is 5.33. The van der Waals surface area contributed by atoms with Crippen molar-refractivity contribution in [1.82, 2.24) is 0 Å². The molecule has 0 aromatic carbocycles. The Hall–Kier alpha value is 0.290. The van der Waals surface area contributed by atoms with Crippen molar-refractivity contribution in [2.45, 2.75) is 51.3 Å². The van der Waals surface area contributed by atoms with E-state index in [-0.39, 0.29) is 0 Å².